The number of hydrogen-bond donors (Lipinski definition) is 0. The summed E-state index contributed by atoms with van der Waals surface area (Å²) in [7, 11) is 1.37. The predicted octanol–water partition coefficient (Wildman–Crippen LogP) is 1.66. The molecule has 5 nitrogen and oxygen atoms in total. The van der Waals surface area contributed by atoms with Crippen molar-refractivity contribution in [3.8, 4) is 0 Å². The molecule has 0 aliphatic carbocycles. The van der Waals surface area contributed by atoms with Crippen molar-refractivity contribution >= 4 is 12.1 Å². The van der Waals surface area contributed by atoms with Crippen molar-refractivity contribution in [1.29, 1.82) is 0 Å². The molecule has 1 saturated heterocycles. The van der Waals surface area contributed by atoms with E-state index in [2.05, 4.69) is 0 Å². The first-order valence-electron chi connectivity index (χ1n) is 5.80. The highest BCUT2D eigenvalue weighted by Crippen LogP contribution is 2.25. The van der Waals surface area contributed by atoms with Crippen molar-refractivity contribution in [3.63, 3.8) is 0 Å². The molecule has 98 valence electrons. The summed E-state index contributed by atoms with van der Waals surface area (Å²) >= 11 is 0. The van der Waals surface area contributed by atoms with E-state index < -0.39 is 5.60 Å². The van der Waals surface area contributed by atoms with Gasteiger partial charge in [0.25, 0.3) is 0 Å². The molecule has 1 amide bonds. The molecule has 0 aromatic rings. The van der Waals surface area contributed by atoms with Gasteiger partial charge in [0.15, 0.2) is 0 Å². The van der Waals surface area contributed by atoms with Gasteiger partial charge in [-0.15, -0.1) is 0 Å². The molecule has 0 saturated carbocycles. The number of methoxy groups -OCH3 is 1. The summed E-state index contributed by atoms with van der Waals surface area (Å²) in [5.41, 5.74) is -0.510. The monoisotopic (exact) mass is 243 g/mol. The molecule has 0 aromatic heterocycles. The van der Waals surface area contributed by atoms with Crippen LogP contribution in [0.15, 0.2) is 0 Å². The Morgan fingerprint density at radius 2 is 1.82 bits per heavy atom. The first-order chi connectivity index (χ1) is 7.74. The maximum absolute atomic E-state index is 11.8. The number of carbonyl (C=O) groups excluding carboxylic acids is 2. The molecule has 1 rings (SSSR count). The van der Waals surface area contributed by atoms with Crippen LogP contribution in [0.3, 0.4) is 0 Å². The molecule has 0 radical (unpaired) electrons. The van der Waals surface area contributed by atoms with Gasteiger partial charge in [-0.05, 0) is 26.7 Å². The highest BCUT2D eigenvalue weighted by molar-refractivity contribution is 5.76. The van der Waals surface area contributed by atoms with Crippen LogP contribution in [0, 0.1) is 11.8 Å². The normalized spacial score (nSPS) is 24.6. The quantitative estimate of drug-likeness (QED) is 0.657. The van der Waals surface area contributed by atoms with Crippen molar-refractivity contribution in [2.24, 2.45) is 11.8 Å². The maximum Gasteiger partial charge on any atom is 0.410 e. The molecule has 17 heavy (non-hydrogen) atoms. The Morgan fingerprint density at radius 3 is 2.29 bits per heavy atom. The standard InChI is InChI=1S/C12H21NO4/c1-8-6-13(7-9(8)10(14)16-5)11(15)17-12(2,3)4/h8-9H,6-7H2,1-5H3. The van der Waals surface area contributed by atoms with Gasteiger partial charge < -0.3 is 14.4 Å². The Morgan fingerprint density at radius 1 is 1.24 bits per heavy atom. The summed E-state index contributed by atoms with van der Waals surface area (Å²) in [6.45, 7) is 8.32. The Labute approximate surface area is 102 Å². The zero-order valence-electron chi connectivity index (χ0n) is 11.1. The van der Waals surface area contributed by atoms with Crippen LogP contribution in [-0.2, 0) is 14.3 Å². The van der Waals surface area contributed by atoms with E-state index in [1.54, 1.807) is 4.90 Å². The summed E-state index contributed by atoms with van der Waals surface area (Å²) in [5, 5.41) is 0. The third-order valence-electron chi connectivity index (χ3n) is 2.77. The number of hydrogen-bond acceptors (Lipinski definition) is 4. The van der Waals surface area contributed by atoms with Crippen molar-refractivity contribution in [2.45, 2.75) is 33.3 Å². The topological polar surface area (TPSA) is 55.8 Å². The number of rotatable bonds is 1. The fourth-order valence-electron chi connectivity index (χ4n) is 1.90. The minimum atomic E-state index is -0.510. The van der Waals surface area contributed by atoms with Gasteiger partial charge in [-0.1, -0.05) is 6.92 Å². The number of likely N-dealkylation sites (tertiary alicyclic amines) is 1. The first-order valence-corrected chi connectivity index (χ1v) is 5.80. The highest BCUT2D eigenvalue weighted by atomic mass is 16.6. The third-order valence-corrected chi connectivity index (χ3v) is 2.77. The molecular formula is C12H21NO4. The molecule has 1 aliphatic heterocycles. The van der Waals surface area contributed by atoms with Crippen molar-refractivity contribution in [2.75, 3.05) is 20.2 Å². The van der Waals surface area contributed by atoms with Gasteiger partial charge in [0, 0.05) is 13.1 Å². The number of carbonyl (C=O) groups is 2. The van der Waals surface area contributed by atoms with Gasteiger partial charge >= 0.3 is 12.1 Å². The van der Waals surface area contributed by atoms with E-state index >= 15 is 0 Å². The molecule has 2 atom stereocenters. The molecule has 5 heteroatoms. The van der Waals surface area contributed by atoms with Crippen LogP contribution in [0.1, 0.15) is 27.7 Å². The van der Waals surface area contributed by atoms with Gasteiger partial charge in [-0.2, -0.15) is 0 Å². The molecule has 0 aromatic carbocycles. The average Bonchev–Trinajstić information content (AvgIpc) is 2.57. The molecule has 0 spiro atoms. The first kappa shape index (κ1) is 13.8. The second kappa shape index (κ2) is 4.94. The summed E-state index contributed by atoms with van der Waals surface area (Å²) in [6.07, 6.45) is -0.365. The van der Waals surface area contributed by atoms with Crippen LogP contribution in [0.25, 0.3) is 0 Å². The zero-order chi connectivity index (χ0) is 13.2. The van der Waals surface area contributed by atoms with E-state index in [-0.39, 0.29) is 23.9 Å². The Bertz CT molecular complexity index is 308. The van der Waals surface area contributed by atoms with E-state index in [0.29, 0.717) is 13.1 Å². The molecule has 1 aliphatic rings. The molecule has 0 bridgehead atoms. The van der Waals surface area contributed by atoms with Crippen molar-refractivity contribution in [1.82, 2.24) is 4.90 Å². The second-order valence-electron chi connectivity index (χ2n) is 5.49. The number of esters is 1. The second-order valence-corrected chi connectivity index (χ2v) is 5.49. The number of ether oxygens (including phenoxy) is 2. The van der Waals surface area contributed by atoms with Crippen LogP contribution in [-0.4, -0.2) is 42.8 Å². The van der Waals surface area contributed by atoms with Gasteiger partial charge in [-0.3, -0.25) is 4.79 Å². The zero-order valence-corrected chi connectivity index (χ0v) is 11.1. The summed E-state index contributed by atoms with van der Waals surface area (Å²) in [4.78, 5) is 24.9. The highest BCUT2D eigenvalue weighted by Gasteiger charge is 2.39. The maximum atomic E-state index is 11.8. The van der Waals surface area contributed by atoms with Crippen molar-refractivity contribution < 1.29 is 19.1 Å². The number of nitrogens with zero attached hydrogens (tertiary/aromatic N) is 1. The molecule has 2 unspecified atom stereocenters. The van der Waals surface area contributed by atoms with Gasteiger partial charge in [-0.25, -0.2) is 4.79 Å². The largest absolute Gasteiger partial charge is 0.469 e. The number of amides is 1. The van der Waals surface area contributed by atoms with Crippen LogP contribution in [0.4, 0.5) is 4.79 Å². The lowest BCUT2D eigenvalue weighted by molar-refractivity contribution is -0.146. The van der Waals surface area contributed by atoms with Gasteiger partial charge in [0.2, 0.25) is 0 Å². The predicted molar refractivity (Wildman–Crippen MR) is 62.5 cm³/mol. The lowest BCUT2D eigenvalue weighted by Gasteiger charge is -2.24. The van der Waals surface area contributed by atoms with E-state index in [1.807, 2.05) is 27.7 Å². The Balaban J connectivity index is 2.60. The van der Waals surface area contributed by atoms with E-state index in [0.717, 1.165) is 0 Å². The van der Waals surface area contributed by atoms with Crippen LogP contribution >= 0.6 is 0 Å². The van der Waals surface area contributed by atoms with Crippen LogP contribution < -0.4 is 0 Å². The van der Waals surface area contributed by atoms with Crippen LogP contribution in [0.5, 0.6) is 0 Å². The lowest BCUT2D eigenvalue weighted by atomic mass is 9.99. The van der Waals surface area contributed by atoms with E-state index in [1.165, 1.54) is 7.11 Å². The van der Waals surface area contributed by atoms with Gasteiger partial charge in [0.1, 0.15) is 5.60 Å². The van der Waals surface area contributed by atoms with E-state index in [9.17, 15) is 9.59 Å². The minimum absolute atomic E-state index is 0.106. The third kappa shape index (κ3) is 3.61. The Kier molecular flexibility index (Phi) is 4.01. The fourth-order valence-corrected chi connectivity index (χ4v) is 1.90. The van der Waals surface area contributed by atoms with Gasteiger partial charge in [0.05, 0.1) is 13.0 Å². The lowest BCUT2D eigenvalue weighted by Crippen LogP contribution is -2.36. The smallest absolute Gasteiger partial charge is 0.410 e. The molecule has 1 heterocycles. The average molecular weight is 243 g/mol. The molecule has 1 fully saturated rings. The summed E-state index contributed by atoms with van der Waals surface area (Å²) < 4.78 is 9.98. The summed E-state index contributed by atoms with van der Waals surface area (Å²) in [6, 6.07) is 0. The van der Waals surface area contributed by atoms with Crippen LogP contribution in [0.2, 0.25) is 0 Å². The molecule has 0 N–H and O–H groups in total. The van der Waals surface area contributed by atoms with Crippen molar-refractivity contribution in [3.05, 3.63) is 0 Å². The summed E-state index contributed by atoms with van der Waals surface area (Å²) in [5.74, 6) is -0.397. The molecular weight excluding hydrogens is 222 g/mol. The Hall–Kier alpha value is -1.26. The van der Waals surface area contributed by atoms with E-state index in [4.69, 9.17) is 9.47 Å². The minimum Gasteiger partial charge on any atom is -0.469 e. The fraction of sp³-hybridized carbons (Fsp3) is 0.833. The SMILES string of the molecule is COC(=O)C1CN(C(=O)OC(C)(C)C)CC1C.